The Morgan fingerprint density at radius 3 is 2.56 bits per heavy atom. The summed E-state index contributed by atoms with van der Waals surface area (Å²) in [5.74, 6) is -0.961. The van der Waals surface area contributed by atoms with Gasteiger partial charge >= 0.3 is 5.97 Å². The molecular formula is C14H19FO3. The van der Waals surface area contributed by atoms with Gasteiger partial charge in [-0.15, -0.1) is 0 Å². The van der Waals surface area contributed by atoms with Crippen molar-refractivity contribution in [3.63, 3.8) is 0 Å². The molecule has 0 spiro atoms. The zero-order valence-electron chi connectivity index (χ0n) is 11.2. The fraction of sp³-hybridized carbons (Fsp3) is 0.357. The average Bonchev–Trinajstić information content (AvgIpc) is 2.40. The molecule has 4 heteroatoms. The van der Waals surface area contributed by atoms with Gasteiger partial charge in [0.2, 0.25) is 0 Å². The molecule has 0 heterocycles. The smallest absolute Gasteiger partial charge is 0.340 e. The Bertz CT molecular complexity index is 414. The van der Waals surface area contributed by atoms with Crippen molar-refractivity contribution in [1.82, 2.24) is 0 Å². The second-order valence-electron chi connectivity index (χ2n) is 3.19. The van der Waals surface area contributed by atoms with Crippen molar-refractivity contribution in [1.29, 1.82) is 0 Å². The number of ether oxygens (including phenoxy) is 2. The number of halogens is 1. The number of hydrogen-bond acceptors (Lipinski definition) is 3. The molecule has 0 aliphatic rings. The summed E-state index contributed by atoms with van der Waals surface area (Å²) in [6, 6.07) is 2.57. The summed E-state index contributed by atoms with van der Waals surface area (Å²) >= 11 is 0. The predicted octanol–water partition coefficient (Wildman–Crippen LogP) is 3.51. The van der Waals surface area contributed by atoms with Crippen LogP contribution < -0.4 is 4.74 Å². The molecule has 3 nitrogen and oxygen atoms in total. The summed E-state index contributed by atoms with van der Waals surface area (Å²) in [4.78, 5) is 11.2. The number of esters is 1. The van der Waals surface area contributed by atoms with Crippen molar-refractivity contribution in [3.05, 3.63) is 41.7 Å². The van der Waals surface area contributed by atoms with E-state index in [0.29, 0.717) is 11.3 Å². The maximum Gasteiger partial charge on any atom is 0.340 e. The van der Waals surface area contributed by atoms with E-state index in [1.54, 1.807) is 13.0 Å². The van der Waals surface area contributed by atoms with Crippen LogP contribution >= 0.6 is 0 Å². The Balaban J connectivity index is 0.00000137. The maximum absolute atomic E-state index is 13.5. The van der Waals surface area contributed by atoms with Crippen LogP contribution in [0.3, 0.4) is 0 Å². The maximum atomic E-state index is 13.5. The minimum Gasteiger partial charge on any atom is -0.489 e. The van der Waals surface area contributed by atoms with Crippen LogP contribution in [0.5, 0.6) is 5.75 Å². The summed E-state index contributed by atoms with van der Waals surface area (Å²) in [5, 5.41) is 0. The topological polar surface area (TPSA) is 35.5 Å². The van der Waals surface area contributed by atoms with Crippen LogP contribution in [0.1, 0.15) is 29.8 Å². The first-order chi connectivity index (χ1) is 8.60. The summed E-state index contributed by atoms with van der Waals surface area (Å²) < 4.78 is 23.2. The number of hydrogen-bond donors (Lipinski definition) is 0. The van der Waals surface area contributed by atoms with Gasteiger partial charge in [-0.1, -0.05) is 26.5 Å². The van der Waals surface area contributed by atoms with Gasteiger partial charge in [0.25, 0.3) is 0 Å². The number of rotatable bonds is 4. The molecule has 0 N–H and O–H groups in total. The van der Waals surface area contributed by atoms with Crippen LogP contribution in [-0.2, 0) is 4.74 Å². The van der Waals surface area contributed by atoms with Gasteiger partial charge < -0.3 is 9.47 Å². The SMILES string of the molecule is C=CCOc1cc(F)c(C(=O)OC)cc1C.CC. The standard InChI is InChI=1S/C12H13FO3.C2H6/c1-4-5-16-11-7-10(13)9(6-8(11)2)12(14)15-3;1-2/h4,6-7H,1,5H2,2-3H3;1-2H3. The number of methoxy groups -OCH3 is 1. The third-order valence-electron chi connectivity index (χ3n) is 2.03. The number of carbonyl (C=O) groups excluding carboxylic acids is 1. The Morgan fingerprint density at radius 1 is 1.44 bits per heavy atom. The van der Waals surface area contributed by atoms with Crippen LogP contribution in [0.25, 0.3) is 0 Å². The van der Waals surface area contributed by atoms with E-state index in [2.05, 4.69) is 11.3 Å². The molecular weight excluding hydrogens is 235 g/mol. The zero-order valence-corrected chi connectivity index (χ0v) is 11.2. The first kappa shape index (κ1) is 16.2. The molecule has 0 bridgehead atoms. The lowest BCUT2D eigenvalue weighted by molar-refractivity contribution is 0.0595. The first-order valence-corrected chi connectivity index (χ1v) is 5.72. The molecule has 0 amide bonds. The van der Waals surface area contributed by atoms with Crippen LogP contribution in [-0.4, -0.2) is 19.7 Å². The lowest BCUT2D eigenvalue weighted by Crippen LogP contribution is -2.06. The van der Waals surface area contributed by atoms with Gasteiger partial charge in [-0.05, 0) is 18.6 Å². The van der Waals surface area contributed by atoms with Gasteiger partial charge in [0.05, 0.1) is 12.7 Å². The molecule has 0 saturated carbocycles. The molecule has 0 atom stereocenters. The van der Waals surface area contributed by atoms with Gasteiger partial charge in [-0.25, -0.2) is 9.18 Å². The molecule has 0 saturated heterocycles. The fourth-order valence-electron chi connectivity index (χ4n) is 1.23. The molecule has 1 aromatic rings. The van der Waals surface area contributed by atoms with E-state index < -0.39 is 11.8 Å². The molecule has 0 aliphatic heterocycles. The Morgan fingerprint density at radius 2 is 2.06 bits per heavy atom. The molecule has 100 valence electrons. The first-order valence-electron chi connectivity index (χ1n) is 5.72. The van der Waals surface area contributed by atoms with Gasteiger partial charge in [0.15, 0.2) is 0 Å². The normalized spacial score (nSPS) is 8.94. The van der Waals surface area contributed by atoms with E-state index in [1.807, 2.05) is 13.8 Å². The summed E-state index contributed by atoms with van der Waals surface area (Å²) in [6.45, 7) is 9.51. The highest BCUT2D eigenvalue weighted by atomic mass is 19.1. The summed E-state index contributed by atoms with van der Waals surface area (Å²) in [6.07, 6.45) is 1.56. The van der Waals surface area contributed by atoms with Crippen molar-refractivity contribution in [2.75, 3.05) is 13.7 Å². The van der Waals surface area contributed by atoms with Gasteiger partial charge in [-0.2, -0.15) is 0 Å². The second kappa shape index (κ2) is 8.28. The molecule has 18 heavy (non-hydrogen) atoms. The van der Waals surface area contributed by atoms with Crippen molar-refractivity contribution < 1.29 is 18.7 Å². The highest BCUT2D eigenvalue weighted by Gasteiger charge is 2.15. The van der Waals surface area contributed by atoms with Crippen molar-refractivity contribution in [2.45, 2.75) is 20.8 Å². The number of benzene rings is 1. The highest BCUT2D eigenvalue weighted by Crippen LogP contribution is 2.22. The summed E-state index contributed by atoms with van der Waals surface area (Å²) in [7, 11) is 1.21. The van der Waals surface area contributed by atoms with Crippen molar-refractivity contribution in [2.24, 2.45) is 0 Å². The monoisotopic (exact) mass is 254 g/mol. The average molecular weight is 254 g/mol. The van der Waals surface area contributed by atoms with E-state index in [4.69, 9.17) is 4.74 Å². The molecule has 1 aromatic carbocycles. The highest BCUT2D eigenvalue weighted by molar-refractivity contribution is 5.90. The van der Waals surface area contributed by atoms with Crippen LogP contribution in [0, 0.1) is 12.7 Å². The lowest BCUT2D eigenvalue weighted by atomic mass is 10.1. The van der Waals surface area contributed by atoms with E-state index in [1.165, 1.54) is 19.2 Å². The van der Waals surface area contributed by atoms with E-state index >= 15 is 0 Å². The van der Waals surface area contributed by atoms with Gasteiger partial charge in [0, 0.05) is 6.07 Å². The Kier molecular flexibility index (Phi) is 7.43. The van der Waals surface area contributed by atoms with Crippen LogP contribution in [0.2, 0.25) is 0 Å². The zero-order chi connectivity index (χ0) is 14.1. The molecule has 0 fully saturated rings. The van der Waals surface area contributed by atoms with Gasteiger partial charge in [-0.3, -0.25) is 0 Å². The third kappa shape index (κ3) is 4.20. The quantitative estimate of drug-likeness (QED) is 0.609. The molecule has 0 radical (unpaired) electrons. The van der Waals surface area contributed by atoms with Crippen LogP contribution in [0.15, 0.2) is 24.8 Å². The van der Waals surface area contributed by atoms with Crippen molar-refractivity contribution in [3.8, 4) is 5.75 Å². The van der Waals surface area contributed by atoms with E-state index in [-0.39, 0.29) is 12.2 Å². The lowest BCUT2D eigenvalue weighted by Gasteiger charge is -2.09. The minimum absolute atomic E-state index is 0.0917. The number of aryl methyl sites for hydroxylation is 1. The second-order valence-corrected chi connectivity index (χ2v) is 3.19. The summed E-state index contributed by atoms with van der Waals surface area (Å²) in [5.41, 5.74) is 0.578. The van der Waals surface area contributed by atoms with Crippen molar-refractivity contribution >= 4 is 5.97 Å². The Hall–Kier alpha value is -1.84. The molecule has 0 aromatic heterocycles. The fourth-order valence-corrected chi connectivity index (χ4v) is 1.23. The predicted molar refractivity (Wildman–Crippen MR) is 69.5 cm³/mol. The third-order valence-corrected chi connectivity index (χ3v) is 2.03. The molecule has 0 unspecified atom stereocenters. The minimum atomic E-state index is -0.698. The molecule has 1 rings (SSSR count). The van der Waals surface area contributed by atoms with Crippen LogP contribution in [0.4, 0.5) is 4.39 Å². The van der Waals surface area contributed by atoms with E-state index in [9.17, 15) is 9.18 Å². The number of carbonyl (C=O) groups is 1. The van der Waals surface area contributed by atoms with Gasteiger partial charge in [0.1, 0.15) is 18.2 Å². The Labute approximate surface area is 107 Å². The largest absolute Gasteiger partial charge is 0.489 e. The van der Waals surface area contributed by atoms with E-state index in [0.717, 1.165) is 0 Å². The molecule has 0 aliphatic carbocycles.